The molecular weight excluding hydrogens is 446 g/mol. The number of thiazole rings is 1. The lowest BCUT2D eigenvalue weighted by atomic mass is 10.2. The Morgan fingerprint density at radius 2 is 1.97 bits per heavy atom. The molecule has 1 atom stereocenters. The molecule has 11 heteroatoms. The summed E-state index contributed by atoms with van der Waals surface area (Å²) >= 11 is 4.02. The van der Waals surface area contributed by atoms with Gasteiger partial charge < -0.3 is 14.5 Å². The number of carbonyl (C=O) groups is 2. The number of rotatable bonds is 8. The van der Waals surface area contributed by atoms with Gasteiger partial charge in [-0.2, -0.15) is 0 Å². The average Bonchev–Trinajstić information content (AvgIpc) is 3.26. The minimum absolute atomic E-state index is 0.130. The van der Waals surface area contributed by atoms with E-state index in [0.717, 1.165) is 15.7 Å². The van der Waals surface area contributed by atoms with Crippen molar-refractivity contribution in [1.82, 2.24) is 15.0 Å². The summed E-state index contributed by atoms with van der Waals surface area (Å²) in [5.41, 5.74) is 0.949. The maximum absolute atomic E-state index is 12.6. The number of esters is 2. The maximum Gasteiger partial charge on any atom is 0.348 e. The van der Waals surface area contributed by atoms with Crippen LogP contribution in [0.2, 0.25) is 0 Å². The van der Waals surface area contributed by atoms with Crippen LogP contribution in [0.1, 0.15) is 52.8 Å². The number of thiophene rings is 1. The third kappa shape index (κ3) is 4.90. The van der Waals surface area contributed by atoms with Crippen LogP contribution in [-0.4, -0.2) is 40.1 Å². The minimum Gasteiger partial charge on any atom is -0.466 e. The highest BCUT2D eigenvalue weighted by molar-refractivity contribution is 8.01. The molecule has 1 N–H and O–H groups in total. The fraction of sp³-hybridized carbons (Fsp3) is 0.421. The van der Waals surface area contributed by atoms with Crippen LogP contribution in [0.5, 0.6) is 0 Å². The first kappa shape index (κ1) is 22.4. The zero-order chi connectivity index (χ0) is 21.8. The molecule has 30 heavy (non-hydrogen) atoms. The van der Waals surface area contributed by atoms with Crippen LogP contribution in [-0.2, 0) is 20.7 Å². The van der Waals surface area contributed by atoms with Gasteiger partial charge in [0.25, 0.3) is 5.56 Å². The summed E-state index contributed by atoms with van der Waals surface area (Å²) in [6.45, 7) is 7.73. The number of ether oxygens (including phenoxy) is 2. The van der Waals surface area contributed by atoms with Crippen LogP contribution >= 0.6 is 34.4 Å². The smallest absolute Gasteiger partial charge is 0.348 e. The highest BCUT2D eigenvalue weighted by Crippen LogP contribution is 2.36. The van der Waals surface area contributed by atoms with Crippen molar-refractivity contribution in [3.63, 3.8) is 0 Å². The number of nitrogens with one attached hydrogen (secondary N) is 1. The van der Waals surface area contributed by atoms with Crippen molar-refractivity contribution in [1.29, 1.82) is 0 Å². The fourth-order valence-electron chi connectivity index (χ4n) is 2.74. The first-order valence-corrected chi connectivity index (χ1v) is 11.9. The summed E-state index contributed by atoms with van der Waals surface area (Å²) in [4.78, 5) is 49.1. The van der Waals surface area contributed by atoms with Gasteiger partial charge >= 0.3 is 11.9 Å². The lowest BCUT2D eigenvalue weighted by Crippen LogP contribution is -2.12. The molecular formula is C19H21N3O5S3. The third-order valence-corrected chi connectivity index (χ3v) is 7.40. The summed E-state index contributed by atoms with van der Waals surface area (Å²) in [5, 5.41) is 2.05. The van der Waals surface area contributed by atoms with Crippen molar-refractivity contribution in [2.24, 2.45) is 0 Å². The van der Waals surface area contributed by atoms with Gasteiger partial charge in [-0.05, 0) is 33.3 Å². The molecule has 3 heterocycles. The van der Waals surface area contributed by atoms with Crippen LogP contribution in [0.3, 0.4) is 0 Å². The highest BCUT2D eigenvalue weighted by atomic mass is 32.2. The van der Waals surface area contributed by atoms with Gasteiger partial charge in [0.1, 0.15) is 15.5 Å². The van der Waals surface area contributed by atoms with Gasteiger partial charge in [-0.15, -0.1) is 22.7 Å². The Bertz CT molecular complexity index is 1130. The van der Waals surface area contributed by atoms with Crippen molar-refractivity contribution in [2.75, 3.05) is 13.2 Å². The Labute approximate surface area is 185 Å². The Hall–Kier alpha value is -2.24. The molecule has 3 aromatic rings. The Balaban J connectivity index is 1.81. The van der Waals surface area contributed by atoms with Crippen LogP contribution in [0.15, 0.2) is 14.5 Å². The van der Waals surface area contributed by atoms with Gasteiger partial charge in [-0.3, -0.25) is 9.59 Å². The van der Waals surface area contributed by atoms with Crippen molar-refractivity contribution in [2.45, 2.75) is 43.7 Å². The van der Waals surface area contributed by atoms with Gasteiger partial charge in [0.2, 0.25) is 0 Å². The van der Waals surface area contributed by atoms with E-state index in [2.05, 4.69) is 15.0 Å². The molecule has 0 bridgehead atoms. The van der Waals surface area contributed by atoms with Crippen LogP contribution in [0.4, 0.5) is 0 Å². The second-order valence-corrected chi connectivity index (χ2v) is 9.70. The van der Waals surface area contributed by atoms with E-state index in [-0.39, 0.29) is 29.8 Å². The second-order valence-electron chi connectivity index (χ2n) is 6.25. The molecule has 0 amide bonds. The van der Waals surface area contributed by atoms with Crippen LogP contribution in [0.25, 0.3) is 10.2 Å². The third-order valence-electron chi connectivity index (χ3n) is 4.10. The number of aryl methyl sites for hydroxylation is 1. The first-order chi connectivity index (χ1) is 14.3. The van der Waals surface area contributed by atoms with Crippen molar-refractivity contribution < 1.29 is 19.1 Å². The molecule has 0 saturated carbocycles. The number of aromatic amines is 1. The summed E-state index contributed by atoms with van der Waals surface area (Å²) in [7, 11) is 0. The van der Waals surface area contributed by atoms with E-state index >= 15 is 0 Å². The highest BCUT2D eigenvalue weighted by Gasteiger charge is 2.22. The number of carbonyl (C=O) groups excluding carboxylic acids is 2. The van der Waals surface area contributed by atoms with E-state index in [4.69, 9.17) is 9.47 Å². The number of nitrogens with zero attached hydrogens (tertiary/aromatic N) is 2. The maximum atomic E-state index is 12.6. The molecule has 0 radical (unpaired) electrons. The largest absolute Gasteiger partial charge is 0.466 e. The topological polar surface area (TPSA) is 111 Å². The summed E-state index contributed by atoms with van der Waals surface area (Å²) < 4.78 is 10.8. The monoisotopic (exact) mass is 467 g/mol. The normalized spacial score (nSPS) is 12.1. The van der Waals surface area contributed by atoms with Crippen LogP contribution < -0.4 is 5.56 Å². The van der Waals surface area contributed by atoms with E-state index in [0.29, 0.717) is 38.8 Å². The number of H-pyrrole nitrogens is 1. The molecule has 0 fully saturated rings. The SMILES string of the molecule is CCOC(=O)Cc1csc(SC(C)c2nc3sc(C(=O)OCC)c(C)c3c(=O)[nH]2)n1. The average molecular weight is 468 g/mol. The van der Waals surface area contributed by atoms with Gasteiger partial charge in [-0.25, -0.2) is 14.8 Å². The minimum atomic E-state index is -0.446. The molecule has 3 rings (SSSR count). The predicted molar refractivity (Wildman–Crippen MR) is 118 cm³/mol. The standard InChI is InChI=1S/C19H21N3O5S3/c1-5-26-12(23)7-11-8-28-19(20-11)29-10(4)15-21-16(24)13-9(3)14(18(25)27-6-2)30-17(13)22-15/h8,10H,5-7H2,1-4H3,(H,21,22,24). The van der Waals surface area contributed by atoms with E-state index in [1.54, 1.807) is 20.8 Å². The molecule has 0 aromatic carbocycles. The van der Waals surface area contributed by atoms with Gasteiger partial charge in [-0.1, -0.05) is 11.8 Å². The number of hydrogen-bond donors (Lipinski definition) is 1. The number of fused-ring (bicyclic) bond motifs is 1. The quantitative estimate of drug-likeness (QED) is 0.392. The van der Waals surface area contributed by atoms with Crippen LogP contribution in [0, 0.1) is 6.92 Å². The molecule has 3 aromatic heterocycles. The summed E-state index contributed by atoms with van der Waals surface area (Å²) in [5.74, 6) is -0.260. The van der Waals surface area contributed by atoms with Gasteiger partial charge in [0, 0.05) is 5.38 Å². The Morgan fingerprint density at radius 3 is 2.67 bits per heavy atom. The number of aromatic nitrogens is 3. The predicted octanol–water partition coefficient (Wildman–Crippen LogP) is 3.89. The summed E-state index contributed by atoms with van der Waals surface area (Å²) in [6.07, 6.45) is 0.130. The first-order valence-electron chi connectivity index (χ1n) is 9.31. The van der Waals surface area contributed by atoms with Crippen molar-refractivity contribution in [3.05, 3.63) is 37.7 Å². The fourth-order valence-corrected chi connectivity index (χ4v) is 5.86. The molecule has 1 unspecified atom stereocenters. The molecule has 0 aliphatic heterocycles. The number of thioether (sulfide) groups is 1. The zero-order valence-corrected chi connectivity index (χ0v) is 19.4. The lowest BCUT2D eigenvalue weighted by Gasteiger charge is -2.08. The molecule has 160 valence electrons. The van der Waals surface area contributed by atoms with Gasteiger partial charge in [0.05, 0.1) is 36.0 Å². The van der Waals surface area contributed by atoms with Crippen molar-refractivity contribution >= 4 is 56.6 Å². The zero-order valence-electron chi connectivity index (χ0n) is 16.9. The molecule has 0 aliphatic rings. The second kappa shape index (κ2) is 9.71. The van der Waals surface area contributed by atoms with E-state index < -0.39 is 5.97 Å². The summed E-state index contributed by atoms with van der Waals surface area (Å²) in [6, 6.07) is 0. The molecule has 0 aliphatic carbocycles. The number of hydrogen-bond acceptors (Lipinski definition) is 10. The molecule has 0 saturated heterocycles. The van der Waals surface area contributed by atoms with E-state index in [1.165, 1.54) is 23.1 Å². The van der Waals surface area contributed by atoms with Gasteiger partial charge in [0.15, 0.2) is 4.34 Å². The van der Waals surface area contributed by atoms with E-state index in [9.17, 15) is 14.4 Å². The Morgan fingerprint density at radius 1 is 1.23 bits per heavy atom. The van der Waals surface area contributed by atoms with Crippen molar-refractivity contribution in [3.8, 4) is 0 Å². The Kier molecular flexibility index (Phi) is 7.27. The van der Waals surface area contributed by atoms with E-state index in [1.807, 2.05) is 12.3 Å². The molecule has 8 nitrogen and oxygen atoms in total. The molecule has 0 spiro atoms. The lowest BCUT2D eigenvalue weighted by molar-refractivity contribution is -0.142.